The molecular formula is C24H23N5O2S. The monoisotopic (exact) mass is 445 g/mol. The summed E-state index contributed by atoms with van der Waals surface area (Å²) >= 11 is 1.33. The molecule has 0 spiro atoms. The van der Waals surface area contributed by atoms with Gasteiger partial charge in [-0.3, -0.25) is 14.3 Å². The lowest BCUT2D eigenvalue weighted by Crippen LogP contribution is -2.15. The second-order valence-electron chi connectivity index (χ2n) is 6.93. The van der Waals surface area contributed by atoms with Crippen LogP contribution in [0.15, 0.2) is 78.2 Å². The number of carbonyl (C=O) groups excluding carboxylic acids is 1. The van der Waals surface area contributed by atoms with Crippen molar-refractivity contribution in [2.75, 3.05) is 18.2 Å². The Hall–Kier alpha value is -3.65. The van der Waals surface area contributed by atoms with E-state index in [1.54, 1.807) is 19.5 Å². The smallest absolute Gasteiger partial charge is 0.234 e. The molecule has 8 heteroatoms. The van der Waals surface area contributed by atoms with Crippen molar-refractivity contribution in [3.63, 3.8) is 0 Å². The van der Waals surface area contributed by atoms with Gasteiger partial charge in [0.1, 0.15) is 5.75 Å². The van der Waals surface area contributed by atoms with Gasteiger partial charge in [0.15, 0.2) is 11.0 Å². The van der Waals surface area contributed by atoms with Gasteiger partial charge >= 0.3 is 0 Å². The zero-order valence-electron chi connectivity index (χ0n) is 17.9. The Kier molecular flexibility index (Phi) is 6.81. The molecule has 0 aliphatic rings. The number of nitrogens with one attached hydrogen (secondary N) is 1. The number of hydrogen-bond donors (Lipinski definition) is 1. The molecule has 2 aromatic carbocycles. The molecule has 2 heterocycles. The van der Waals surface area contributed by atoms with Crippen molar-refractivity contribution in [3.8, 4) is 22.8 Å². The first-order chi connectivity index (χ1) is 15.7. The highest BCUT2D eigenvalue weighted by molar-refractivity contribution is 7.99. The third-order valence-electron chi connectivity index (χ3n) is 4.89. The van der Waals surface area contributed by atoms with E-state index in [4.69, 9.17) is 4.74 Å². The van der Waals surface area contributed by atoms with E-state index in [0.717, 1.165) is 34.7 Å². The Bertz CT molecular complexity index is 1190. The number of benzene rings is 2. The van der Waals surface area contributed by atoms with Gasteiger partial charge in [0.05, 0.1) is 12.9 Å². The molecule has 1 amide bonds. The van der Waals surface area contributed by atoms with Crippen LogP contribution in [0.5, 0.6) is 5.75 Å². The van der Waals surface area contributed by atoms with Crippen LogP contribution in [-0.2, 0) is 11.2 Å². The zero-order valence-corrected chi connectivity index (χ0v) is 18.7. The number of amides is 1. The average molecular weight is 446 g/mol. The minimum atomic E-state index is -0.0943. The second-order valence-corrected chi connectivity index (χ2v) is 7.87. The molecule has 4 rings (SSSR count). The number of aryl methyl sites for hydroxylation is 1. The number of hydrogen-bond acceptors (Lipinski definition) is 6. The number of ether oxygens (including phenoxy) is 1. The Balaban J connectivity index is 1.59. The van der Waals surface area contributed by atoms with Gasteiger partial charge in [-0.05, 0) is 54.4 Å². The number of aromatic nitrogens is 4. The van der Waals surface area contributed by atoms with Crippen molar-refractivity contribution < 1.29 is 9.53 Å². The van der Waals surface area contributed by atoms with E-state index in [0.29, 0.717) is 11.0 Å². The summed E-state index contributed by atoms with van der Waals surface area (Å²) in [6.07, 6.45) is 4.31. The number of nitrogens with zero attached hydrogens (tertiary/aromatic N) is 4. The highest BCUT2D eigenvalue weighted by atomic mass is 32.2. The molecule has 1 N–H and O–H groups in total. The van der Waals surface area contributed by atoms with Gasteiger partial charge in [0, 0.05) is 29.3 Å². The Labute approximate surface area is 190 Å². The van der Waals surface area contributed by atoms with Gasteiger partial charge in [-0.1, -0.05) is 36.9 Å². The van der Waals surface area contributed by atoms with Crippen LogP contribution in [0.25, 0.3) is 17.1 Å². The van der Waals surface area contributed by atoms with E-state index >= 15 is 0 Å². The zero-order chi connectivity index (χ0) is 22.3. The summed E-state index contributed by atoms with van der Waals surface area (Å²) in [5, 5.41) is 12.4. The fourth-order valence-electron chi connectivity index (χ4n) is 3.28. The van der Waals surface area contributed by atoms with Crippen LogP contribution in [0.1, 0.15) is 12.5 Å². The lowest BCUT2D eigenvalue weighted by molar-refractivity contribution is -0.113. The highest BCUT2D eigenvalue weighted by Crippen LogP contribution is 2.28. The minimum Gasteiger partial charge on any atom is -0.497 e. The fraction of sp³-hybridized carbons (Fsp3) is 0.167. The third-order valence-corrected chi connectivity index (χ3v) is 5.82. The molecule has 4 aromatic rings. The molecule has 32 heavy (non-hydrogen) atoms. The van der Waals surface area contributed by atoms with Crippen LogP contribution in [0.3, 0.4) is 0 Å². The Morgan fingerprint density at radius 3 is 2.59 bits per heavy atom. The highest BCUT2D eigenvalue weighted by Gasteiger charge is 2.18. The van der Waals surface area contributed by atoms with E-state index in [1.807, 2.05) is 65.2 Å². The quantitative estimate of drug-likeness (QED) is 0.398. The first kappa shape index (κ1) is 21.6. The van der Waals surface area contributed by atoms with Crippen molar-refractivity contribution in [3.05, 3.63) is 78.6 Å². The predicted molar refractivity (Wildman–Crippen MR) is 126 cm³/mol. The van der Waals surface area contributed by atoms with E-state index in [-0.39, 0.29) is 11.7 Å². The number of thioether (sulfide) groups is 1. The van der Waals surface area contributed by atoms with E-state index in [9.17, 15) is 4.79 Å². The van der Waals surface area contributed by atoms with E-state index in [2.05, 4.69) is 27.4 Å². The lowest BCUT2D eigenvalue weighted by atomic mass is 10.1. The molecule has 0 saturated heterocycles. The molecule has 7 nitrogen and oxygen atoms in total. The largest absolute Gasteiger partial charge is 0.497 e. The van der Waals surface area contributed by atoms with Crippen molar-refractivity contribution >= 4 is 23.4 Å². The van der Waals surface area contributed by atoms with Crippen LogP contribution in [0.2, 0.25) is 0 Å². The molecule has 0 fully saturated rings. The van der Waals surface area contributed by atoms with Gasteiger partial charge in [0.2, 0.25) is 5.91 Å². The standard InChI is InChI=1S/C24H23N5O2S/c1-3-17-7-4-5-9-21(17)26-22(30)16-32-24-28-27-23(18-8-6-14-25-15-18)29(24)19-10-12-20(31-2)13-11-19/h4-15H,3,16H2,1-2H3,(H,26,30). The van der Waals surface area contributed by atoms with Crippen molar-refractivity contribution in [2.24, 2.45) is 0 Å². The third kappa shape index (κ3) is 4.81. The van der Waals surface area contributed by atoms with Crippen LogP contribution in [0, 0.1) is 0 Å². The van der Waals surface area contributed by atoms with Crippen molar-refractivity contribution in [2.45, 2.75) is 18.5 Å². The summed E-state index contributed by atoms with van der Waals surface area (Å²) in [5.41, 5.74) is 3.65. The molecule has 0 radical (unpaired) electrons. The Morgan fingerprint density at radius 1 is 1.06 bits per heavy atom. The Morgan fingerprint density at radius 2 is 1.88 bits per heavy atom. The predicted octanol–water partition coefficient (Wildman–Crippen LogP) is 4.63. The lowest BCUT2D eigenvalue weighted by Gasteiger charge is -2.12. The first-order valence-electron chi connectivity index (χ1n) is 10.2. The van der Waals surface area contributed by atoms with Gasteiger partial charge in [0.25, 0.3) is 0 Å². The van der Waals surface area contributed by atoms with Crippen molar-refractivity contribution in [1.29, 1.82) is 0 Å². The number of para-hydroxylation sites is 1. The number of rotatable bonds is 8. The van der Waals surface area contributed by atoms with Crippen LogP contribution >= 0.6 is 11.8 Å². The average Bonchev–Trinajstić information content (AvgIpc) is 3.27. The van der Waals surface area contributed by atoms with Crippen LogP contribution in [-0.4, -0.2) is 38.5 Å². The number of carbonyl (C=O) groups is 1. The molecule has 0 aliphatic carbocycles. The van der Waals surface area contributed by atoms with Crippen LogP contribution in [0.4, 0.5) is 5.69 Å². The second kappa shape index (κ2) is 10.1. The van der Waals surface area contributed by atoms with Gasteiger partial charge in [-0.2, -0.15) is 0 Å². The maximum atomic E-state index is 12.6. The fourth-order valence-corrected chi connectivity index (χ4v) is 4.03. The summed E-state index contributed by atoms with van der Waals surface area (Å²) in [6.45, 7) is 2.07. The summed E-state index contributed by atoms with van der Waals surface area (Å²) in [6, 6.07) is 19.2. The summed E-state index contributed by atoms with van der Waals surface area (Å²) in [7, 11) is 1.63. The maximum Gasteiger partial charge on any atom is 0.234 e. The minimum absolute atomic E-state index is 0.0943. The molecule has 162 valence electrons. The number of anilines is 1. The molecular weight excluding hydrogens is 422 g/mol. The topological polar surface area (TPSA) is 81.9 Å². The van der Waals surface area contributed by atoms with E-state index < -0.39 is 0 Å². The number of pyridine rings is 1. The normalized spacial score (nSPS) is 10.7. The molecule has 0 aliphatic heterocycles. The summed E-state index contributed by atoms with van der Waals surface area (Å²) in [4.78, 5) is 16.8. The van der Waals surface area contributed by atoms with Gasteiger partial charge in [-0.15, -0.1) is 10.2 Å². The first-order valence-corrected chi connectivity index (χ1v) is 11.2. The SMILES string of the molecule is CCc1ccccc1NC(=O)CSc1nnc(-c2cccnc2)n1-c1ccc(OC)cc1. The number of methoxy groups -OCH3 is 1. The molecule has 2 aromatic heterocycles. The van der Waals surface area contributed by atoms with Crippen LogP contribution < -0.4 is 10.1 Å². The van der Waals surface area contributed by atoms with Gasteiger partial charge < -0.3 is 10.1 Å². The van der Waals surface area contributed by atoms with Gasteiger partial charge in [-0.25, -0.2) is 0 Å². The summed E-state index contributed by atoms with van der Waals surface area (Å²) in [5.74, 6) is 1.53. The van der Waals surface area contributed by atoms with Crippen molar-refractivity contribution in [1.82, 2.24) is 19.7 Å². The molecule has 0 atom stereocenters. The molecule has 0 unspecified atom stereocenters. The maximum absolute atomic E-state index is 12.6. The molecule has 0 saturated carbocycles. The summed E-state index contributed by atoms with van der Waals surface area (Å²) < 4.78 is 7.20. The molecule has 0 bridgehead atoms. The van der Waals surface area contributed by atoms with E-state index in [1.165, 1.54) is 11.8 Å².